The molecule has 0 aromatic heterocycles. The van der Waals surface area contributed by atoms with Gasteiger partial charge in [-0.05, 0) is 31.5 Å². The molecular formula is C22H22N2O4. The van der Waals surface area contributed by atoms with E-state index in [4.69, 9.17) is 9.47 Å². The molecule has 144 valence electrons. The lowest BCUT2D eigenvalue weighted by Gasteiger charge is -2.35. The molecule has 28 heavy (non-hydrogen) atoms. The summed E-state index contributed by atoms with van der Waals surface area (Å²) in [6, 6.07) is 16.1. The minimum Gasteiger partial charge on any atom is -0.452 e. The van der Waals surface area contributed by atoms with E-state index in [1.807, 2.05) is 19.9 Å². The van der Waals surface area contributed by atoms with E-state index in [-0.39, 0.29) is 24.7 Å². The van der Waals surface area contributed by atoms with E-state index >= 15 is 0 Å². The Morgan fingerprint density at radius 1 is 1.07 bits per heavy atom. The molecule has 1 aliphatic heterocycles. The number of carbonyl (C=O) groups is 2. The molecule has 0 radical (unpaired) electrons. The van der Waals surface area contributed by atoms with Crippen LogP contribution < -0.4 is 0 Å². The number of nitriles is 1. The van der Waals surface area contributed by atoms with Crippen molar-refractivity contribution in [2.45, 2.75) is 26.1 Å². The molecule has 0 saturated carbocycles. The first-order valence-corrected chi connectivity index (χ1v) is 9.18. The molecule has 1 aliphatic rings. The summed E-state index contributed by atoms with van der Waals surface area (Å²) in [4.78, 5) is 26.7. The number of carbonyl (C=O) groups excluding carboxylic acids is 2. The second-order valence-electron chi connectivity index (χ2n) is 6.84. The van der Waals surface area contributed by atoms with Gasteiger partial charge in [0.15, 0.2) is 6.61 Å². The number of morpholine rings is 1. The van der Waals surface area contributed by atoms with E-state index in [2.05, 4.69) is 6.07 Å². The molecule has 0 unspecified atom stereocenters. The molecule has 2 atom stereocenters. The lowest BCUT2D eigenvalue weighted by molar-refractivity contribution is -0.146. The summed E-state index contributed by atoms with van der Waals surface area (Å²) in [6.07, 6.45) is -0.0989. The number of rotatable bonds is 4. The molecule has 3 rings (SSSR count). The molecular weight excluding hydrogens is 356 g/mol. The molecule has 1 amide bonds. The predicted octanol–water partition coefficient (Wildman–Crippen LogP) is 3.02. The summed E-state index contributed by atoms with van der Waals surface area (Å²) in [5, 5.41) is 9.35. The van der Waals surface area contributed by atoms with Crippen LogP contribution in [0.5, 0.6) is 0 Å². The van der Waals surface area contributed by atoms with Gasteiger partial charge in [0.1, 0.15) is 0 Å². The van der Waals surface area contributed by atoms with Crippen LogP contribution in [0.2, 0.25) is 0 Å². The van der Waals surface area contributed by atoms with Crippen LogP contribution in [-0.4, -0.2) is 48.7 Å². The fourth-order valence-corrected chi connectivity index (χ4v) is 3.39. The molecule has 0 bridgehead atoms. The fourth-order valence-electron chi connectivity index (χ4n) is 3.39. The molecule has 1 heterocycles. The zero-order valence-corrected chi connectivity index (χ0v) is 15.9. The Kier molecular flexibility index (Phi) is 6.07. The zero-order chi connectivity index (χ0) is 20.1. The molecule has 0 N–H and O–H groups in total. The van der Waals surface area contributed by atoms with Gasteiger partial charge in [-0.15, -0.1) is 0 Å². The van der Waals surface area contributed by atoms with E-state index in [0.29, 0.717) is 35.3 Å². The van der Waals surface area contributed by atoms with Crippen molar-refractivity contribution in [1.29, 1.82) is 5.26 Å². The van der Waals surface area contributed by atoms with Crippen molar-refractivity contribution >= 4 is 11.9 Å². The molecule has 2 aromatic carbocycles. The molecule has 6 heteroatoms. The Morgan fingerprint density at radius 3 is 2.36 bits per heavy atom. The van der Waals surface area contributed by atoms with E-state index in [9.17, 15) is 14.9 Å². The van der Waals surface area contributed by atoms with Crippen molar-refractivity contribution in [1.82, 2.24) is 4.90 Å². The van der Waals surface area contributed by atoms with Gasteiger partial charge in [-0.2, -0.15) is 5.26 Å². The highest BCUT2D eigenvalue weighted by Crippen LogP contribution is 2.27. The summed E-state index contributed by atoms with van der Waals surface area (Å²) in [5.74, 6) is -0.837. The van der Waals surface area contributed by atoms with Gasteiger partial charge < -0.3 is 14.4 Å². The van der Waals surface area contributed by atoms with Crippen molar-refractivity contribution in [3.63, 3.8) is 0 Å². The maximum atomic E-state index is 12.7. The highest BCUT2D eigenvalue weighted by atomic mass is 16.5. The standard InChI is InChI=1S/C22H22N2O4/c1-15-12-24(13-16(2)28-15)21(25)14-27-22(26)20-10-6-5-9-19(20)18-8-4-3-7-17(18)11-23/h3-10,15-16H,12-14H2,1-2H3/t15-,16+. The largest absolute Gasteiger partial charge is 0.452 e. The van der Waals surface area contributed by atoms with Gasteiger partial charge in [0.25, 0.3) is 5.91 Å². The molecule has 1 fully saturated rings. The van der Waals surface area contributed by atoms with Gasteiger partial charge >= 0.3 is 5.97 Å². The van der Waals surface area contributed by atoms with Crippen molar-refractivity contribution in [3.8, 4) is 17.2 Å². The number of ether oxygens (including phenoxy) is 2. The second kappa shape index (κ2) is 8.68. The third-order valence-corrected chi connectivity index (χ3v) is 4.58. The Balaban J connectivity index is 1.74. The smallest absolute Gasteiger partial charge is 0.339 e. The van der Waals surface area contributed by atoms with Crippen molar-refractivity contribution in [3.05, 3.63) is 59.7 Å². The third-order valence-electron chi connectivity index (χ3n) is 4.58. The summed E-state index contributed by atoms with van der Waals surface area (Å²) < 4.78 is 10.9. The van der Waals surface area contributed by atoms with Crippen LogP contribution in [0.15, 0.2) is 48.5 Å². The lowest BCUT2D eigenvalue weighted by Crippen LogP contribution is -2.49. The maximum Gasteiger partial charge on any atom is 0.339 e. The molecule has 6 nitrogen and oxygen atoms in total. The summed E-state index contributed by atoms with van der Waals surface area (Å²) in [6.45, 7) is 4.45. The molecule has 1 saturated heterocycles. The second-order valence-corrected chi connectivity index (χ2v) is 6.84. The first-order valence-electron chi connectivity index (χ1n) is 9.18. The SMILES string of the molecule is C[C@@H]1CN(C(=O)COC(=O)c2ccccc2-c2ccccc2C#N)C[C@H](C)O1. The van der Waals surface area contributed by atoms with Crippen LogP contribution in [0.3, 0.4) is 0 Å². The fraction of sp³-hybridized carbons (Fsp3) is 0.318. The van der Waals surface area contributed by atoms with Crippen LogP contribution in [-0.2, 0) is 14.3 Å². The minimum atomic E-state index is -0.592. The number of benzene rings is 2. The topological polar surface area (TPSA) is 79.6 Å². The first kappa shape index (κ1) is 19.6. The van der Waals surface area contributed by atoms with Gasteiger partial charge in [0, 0.05) is 18.7 Å². The number of hydrogen-bond acceptors (Lipinski definition) is 5. The molecule has 2 aromatic rings. The van der Waals surface area contributed by atoms with Crippen LogP contribution in [0.25, 0.3) is 11.1 Å². The Bertz CT molecular complexity index is 909. The van der Waals surface area contributed by atoms with Crippen LogP contribution >= 0.6 is 0 Å². The monoisotopic (exact) mass is 378 g/mol. The summed E-state index contributed by atoms with van der Waals surface area (Å²) in [7, 11) is 0. The third kappa shape index (κ3) is 4.38. The van der Waals surface area contributed by atoms with Gasteiger partial charge in [-0.1, -0.05) is 36.4 Å². The highest BCUT2D eigenvalue weighted by molar-refractivity contribution is 5.98. The van der Waals surface area contributed by atoms with Gasteiger partial charge in [-0.25, -0.2) is 4.79 Å². The quantitative estimate of drug-likeness (QED) is 0.764. The summed E-state index contributed by atoms with van der Waals surface area (Å²) in [5.41, 5.74) is 2.04. The Hall–Kier alpha value is -3.17. The lowest BCUT2D eigenvalue weighted by atomic mass is 9.96. The van der Waals surface area contributed by atoms with E-state index in [0.717, 1.165) is 0 Å². The normalized spacial score (nSPS) is 19.0. The van der Waals surface area contributed by atoms with Crippen molar-refractivity contribution in [2.24, 2.45) is 0 Å². The predicted molar refractivity (Wildman–Crippen MR) is 103 cm³/mol. The Morgan fingerprint density at radius 2 is 1.68 bits per heavy atom. The van der Waals surface area contributed by atoms with Crippen LogP contribution in [0.4, 0.5) is 0 Å². The zero-order valence-electron chi connectivity index (χ0n) is 15.9. The highest BCUT2D eigenvalue weighted by Gasteiger charge is 2.27. The summed E-state index contributed by atoms with van der Waals surface area (Å²) >= 11 is 0. The maximum absolute atomic E-state index is 12.7. The minimum absolute atomic E-state index is 0.0494. The van der Waals surface area contributed by atoms with Crippen LogP contribution in [0, 0.1) is 11.3 Å². The number of nitrogens with zero attached hydrogens (tertiary/aromatic N) is 2. The van der Waals surface area contributed by atoms with E-state index < -0.39 is 5.97 Å². The van der Waals surface area contributed by atoms with E-state index in [1.165, 1.54) is 0 Å². The number of amides is 1. The number of esters is 1. The average molecular weight is 378 g/mol. The molecule has 0 spiro atoms. The van der Waals surface area contributed by atoms with Crippen molar-refractivity contribution in [2.75, 3.05) is 19.7 Å². The van der Waals surface area contributed by atoms with Gasteiger partial charge in [-0.3, -0.25) is 4.79 Å². The molecule has 0 aliphatic carbocycles. The van der Waals surface area contributed by atoms with Gasteiger partial charge in [0.05, 0.1) is 29.4 Å². The van der Waals surface area contributed by atoms with Gasteiger partial charge in [0.2, 0.25) is 0 Å². The average Bonchev–Trinajstić information content (AvgIpc) is 2.71. The first-order chi connectivity index (χ1) is 13.5. The van der Waals surface area contributed by atoms with E-state index in [1.54, 1.807) is 47.4 Å². The Labute approximate surface area is 164 Å². The number of hydrogen-bond donors (Lipinski definition) is 0. The van der Waals surface area contributed by atoms with Crippen molar-refractivity contribution < 1.29 is 19.1 Å². The van der Waals surface area contributed by atoms with Crippen LogP contribution in [0.1, 0.15) is 29.8 Å².